The zero-order chi connectivity index (χ0) is 17.3. The number of rotatable bonds is 8. The van der Waals surface area contributed by atoms with Gasteiger partial charge in [-0.1, -0.05) is 24.3 Å². The van der Waals surface area contributed by atoms with Crippen LogP contribution in [-0.2, 0) is 5.66 Å². The molecule has 0 radical (unpaired) electrons. The van der Waals surface area contributed by atoms with Crippen molar-refractivity contribution in [3.8, 4) is 11.5 Å². The molecule has 2 fully saturated rings. The van der Waals surface area contributed by atoms with E-state index in [1.54, 1.807) is 0 Å². The maximum absolute atomic E-state index is 6.40. The van der Waals surface area contributed by atoms with Crippen molar-refractivity contribution in [2.75, 3.05) is 26.3 Å². The van der Waals surface area contributed by atoms with Crippen molar-refractivity contribution >= 4 is 0 Å². The summed E-state index contributed by atoms with van der Waals surface area (Å²) in [7, 11) is 0. The van der Waals surface area contributed by atoms with Crippen molar-refractivity contribution in [2.45, 2.75) is 17.7 Å². The van der Waals surface area contributed by atoms with Crippen LogP contribution in [0.15, 0.2) is 48.5 Å². The lowest BCUT2D eigenvalue weighted by molar-refractivity contribution is 0.319. The normalized spacial score (nSPS) is 21.7. The monoisotopic (exact) mass is 340 g/mol. The number of hydrogen-bond donors (Lipinski definition) is 4. The number of ether oxygens (including phenoxy) is 2. The van der Waals surface area contributed by atoms with Crippen LogP contribution in [0.2, 0.25) is 0 Å². The Kier molecular flexibility index (Phi) is 4.35. The van der Waals surface area contributed by atoms with Crippen LogP contribution in [0.3, 0.4) is 0 Å². The molecule has 25 heavy (non-hydrogen) atoms. The van der Waals surface area contributed by atoms with Gasteiger partial charge in [-0.2, -0.15) is 0 Å². The zero-order valence-corrected chi connectivity index (χ0v) is 14.1. The van der Waals surface area contributed by atoms with Crippen LogP contribution in [0.4, 0.5) is 0 Å². The summed E-state index contributed by atoms with van der Waals surface area (Å²) < 4.78 is 11.4. The average molecular weight is 340 g/mol. The van der Waals surface area contributed by atoms with E-state index in [2.05, 4.69) is 10.6 Å². The molecule has 0 aliphatic carbocycles. The molecule has 2 aromatic rings. The molecule has 0 spiro atoms. The van der Waals surface area contributed by atoms with Gasteiger partial charge in [-0.05, 0) is 35.4 Å². The van der Waals surface area contributed by atoms with Crippen molar-refractivity contribution < 1.29 is 9.47 Å². The van der Waals surface area contributed by atoms with Gasteiger partial charge in [0.2, 0.25) is 0 Å². The first-order valence-corrected chi connectivity index (χ1v) is 8.62. The van der Waals surface area contributed by atoms with E-state index in [0.717, 1.165) is 35.7 Å². The van der Waals surface area contributed by atoms with Gasteiger partial charge in [-0.25, -0.2) is 0 Å². The molecular formula is C19H24N4O2. The van der Waals surface area contributed by atoms with Gasteiger partial charge in [0.1, 0.15) is 30.4 Å². The summed E-state index contributed by atoms with van der Waals surface area (Å²) in [4.78, 5) is 0. The largest absolute Gasteiger partial charge is 0.492 e. The predicted molar refractivity (Wildman–Crippen MR) is 96.6 cm³/mol. The lowest BCUT2D eigenvalue weighted by Gasteiger charge is -2.26. The van der Waals surface area contributed by atoms with Gasteiger partial charge < -0.3 is 31.6 Å². The fourth-order valence-electron chi connectivity index (χ4n) is 2.62. The van der Waals surface area contributed by atoms with E-state index in [-0.39, 0.29) is 0 Å². The van der Waals surface area contributed by atoms with Gasteiger partial charge in [-0.15, -0.1) is 0 Å². The van der Waals surface area contributed by atoms with E-state index in [4.69, 9.17) is 20.9 Å². The number of nitrogens with two attached hydrogens (primary N) is 2. The zero-order valence-electron chi connectivity index (χ0n) is 14.1. The van der Waals surface area contributed by atoms with Crippen molar-refractivity contribution in [1.29, 1.82) is 0 Å². The minimum atomic E-state index is -1.06. The molecule has 0 saturated carbocycles. The van der Waals surface area contributed by atoms with Gasteiger partial charge in [0.25, 0.3) is 0 Å². The van der Waals surface area contributed by atoms with Crippen molar-refractivity contribution in [1.82, 2.24) is 10.6 Å². The third kappa shape index (κ3) is 4.11. The Morgan fingerprint density at radius 3 is 1.44 bits per heavy atom. The van der Waals surface area contributed by atoms with E-state index in [1.807, 2.05) is 48.5 Å². The maximum Gasteiger partial charge on any atom is 0.119 e. The third-order valence-corrected chi connectivity index (χ3v) is 4.55. The van der Waals surface area contributed by atoms with Crippen LogP contribution in [0.5, 0.6) is 11.5 Å². The second kappa shape index (κ2) is 6.65. The van der Waals surface area contributed by atoms with Crippen LogP contribution in [0, 0.1) is 0 Å². The Morgan fingerprint density at radius 2 is 1.12 bits per heavy atom. The van der Waals surface area contributed by atoms with Crippen LogP contribution in [-0.4, -0.2) is 38.4 Å². The molecule has 2 heterocycles. The molecule has 6 nitrogen and oxygen atoms in total. The van der Waals surface area contributed by atoms with Gasteiger partial charge in [0.05, 0.1) is 12.1 Å². The minimum Gasteiger partial charge on any atom is -0.492 e. The van der Waals surface area contributed by atoms with E-state index in [9.17, 15) is 0 Å². The lowest BCUT2D eigenvalue weighted by Crippen LogP contribution is -2.47. The van der Waals surface area contributed by atoms with Crippen molar-refractivity contribution in [3.63, 3.8) is 0 Å². The molecule has 2 aliphatic heterocycles. The SMILES string of the molecule is NC(N)(c1ccc(OCC2CN2)cc1)c1ccc(OCC2CN2)cc1. The highest BCUT2D eigenvalue weighted by Gasteiger charge is 2.25. The molecule has 2 saturated heterocycles. The predicted octanol–water partition coefficient (Wildman–Crippen LogP) is 0.506. The molecule has 0 amide bonds. The highest BCUT2D eigenvalue weighted by Crippen LogP contribution is 2.26. The van der Waals surface area contributed by atoms with Crippen LogP contribution < -0.4 is 31.6 Å². The van der Waals surface area contributed by atoms with Gasteiger partial charge in [0, 0.05) is 13.1 Å². The summed E-state index contributed by atoms with van der Waals surface area (Å²) in [5.41, 5.74) is 13.4. The van der Waals surface area contributed by atoms with E-state index in [1.165, 1.54) is 0 Å². The highest BCUT2D eigenvalue weighted by molar-refractivity contribution is 5.41. The Balaban J connectivity index is 1.41. The molecule has 0 bridgehead atoms. The Morgan fingerprint density at radius 1 is 0.760 bits per heavy atom. The maximum atomic E-state index is 6.40. The van der Waals surface area contributed by atoms with Crippen molar-refractivity contribution in [3.05, 3.63) is 59.7 Å². The quantitative estimate of drug-likeness (QED) is 0.411. The molecule has 2 atom stereocenters. The van der Waals surface area contributed by atoms with Crippen LogP contribution >= 0.6 is 0 Å². The highest BCUT2D eigenvalue weighted by atomic mass is 16.5. The van der Waals surface area contributed by atoms with Crippen LogP contribution in [0.25, 0.3) is 0 Å². The Bertz CT molecular complexity index is 646. The van der Waals surface area contributed by atoms with Gasteiger partial charge >= 0.3 is 0 Å². The average Bonchev–Trinajstić information content (AvgIpc) is 3.54. The summed E-state index contributed by atoms with van der Waals surface area (Å²) in [6, 6.07) is 16.3. The molecule has 0 aromatic heterocycles. The molecule has 2 aliphatic rings. The summed E-state index contributed by atoms with van der Waals surface area (Å²) in [6.45, 7) is 3.44. The topological polar surface area (TPSA) is 114 Å². The van der Waals surface area contributed by atoms with Crippen molar-refractivity contribution in [2.24, 2.45) is 11.5 Å². The third-order valence-electron chi connectivity index (χ3n) is 4.55. The molecule has 2 unspecified atom stereocenters. The van der Waals surface area contributed by atoms with Gasteiger partial charge in [-0.3, -0.25) is 0 Å². The standard InChI is InChI=1S/C19H24N4O2/c20-19(21,13-1-5-17(6-2-13)24-11-15-9-22-15)14-3-7-18(8-4-14)25-12-16-10-23-16/h1-8,15-16,22-23H,9-12,20-21H2. The molecular weight excluding hydrogens is 316 g/mol. The Hall–Kier alpha value is -2.12. The minimum absolute atomic E-state index is 0.485. The van der Waals surface area contributed by atoms with E-state index < -0.39 is 5.66 Å². The molecule has 2 aromatic carbocycles. The first kappa shape index (κ1) is 16.4. The smallest absolute Gasteiger partial charge is 0.119 e. The molecule has 4 rings (SSSR count). The summed E-state index contributed by atoms with van der Waals surface area (Å²) >= 11 is 0. The summed E-state index contributed by atoms with van der Waals surface area (Å²) in [5.74, 6) is 1.65. The van der Waals surface area contributed by atoms with E-state index >= 15 is 0 Å². The fraction of sp³-hybridized carbons (Fsp3) is 0.368. The second-order valence-corrected chi connectivity index (χ2v) is 6.75. The second-order valence-electron chi connectivity index (χ2n) is 6.75. The van der Waals surface area contributed by atoms with Crippen LogP contribution in [0.1, 0.15) is 11.1 Å². The molecule has 6 N–H and O–H groups in total. The fourth-order valence-corrected chi connectivity index (χ4v) is 2.62. The van der Waals surface area contributed by atoms with Gasteiger partial charge in [0.15, 0.2) is 0 Å². The summed E-state index contributed by atoms with van der Waals surface area (Å²) in [6.07, 6.45) is 0. The number of nitrogens with one attached hydrogen (secondary N) is 2. The number of hydrogen-bond acceptors (Lipinski definition) is 6. The molecule has 132 valence electrons. The Labute approximate surface area is 147 Å². The lowest BCUT2D eigenvalue weighted by atomic mass is 9.93. The molecule has 6 heteroatoms. The first-order valence-electron chi connectivity index (χ1n) is 8.62. The first-order chi connectivity index (χ1) is 12.1. The number of benzene rings is 2. The van der Waals surface area contributed by atoms with E-state index in [0.29, 0.717) is 25.3 Å². The summed E-state index contributed by atoms with van der Waals surface area (Å²) in [5, 5.41) is 6.41.